The van der Waals surface area contributed by atoms with Gasteiger partial charge in [0, 0.05) is 19.6 Å². The smallest absolute Gasteiger partial charge is 0.317 e. The first kappa shape index (κ1) is 10.1. The third-order valence-electron chi connectivity index (χ3n) is 2.30. The minimum absolute atomic E-state index is 0.0504. The molecule has 13 heavy (non-hydrogen) atoms. The van der Waals surface area contributed by atoms with Gasteiger partial charge < -0.3 is 10.2 Å². The maximum Gasteiger partial charge on any atom is 0.317 e. The van der Waals surface area contributed by atoms with Crippen molar-refractivity contribution in [2.24, 2.45) is 5.92 Å². The van der Waals surface area contributed by atoms with Crippen LogP contribution in [0, 0.1) is 5.92 Å². The Morgan fingerprint density at radius 2 is 2.38 bits per heavy atom. The third kappa shape index (κ3) is 2.47. The van der Waals surface area contributed by atoms with Crippen molar-refractivity contribution >= 4 is 6.03 Å². The molecular formula is C10H18N2O. The van der Waals surface area contributed by atoms with E-state index in [0.717, 1.165) is 13.1 Å². The van der Waals surface area contributed by atoms with Gasteiger partial charge in [0.15, 0.2) is 0 Å². The molecule has 0 saturated carbocycles. The summed E-state index contributed by atoms with van der Waals surface area (Å²) < 4.78 is 0. The monoisotopic (exact) mass is 182 g/mol. The molecule has 2 amide bonds. The lowest BCUT2D eigenvalue weighted by molar-refractivity contribution is 0.210. The van der Waals surface area contributed by atoms with E-state index in [-0.39, 0.29) is 6.03 Å². The highest BCUT2D eigenvalue weighted by molar-refractivity contribution is 5.75. The summed E-state index contributed by atoms with van der Waals surface area (Å²) in [5.74, 6) is 0.555. The molecule has 0 unspecified atom stereocenters. The van der Waals surface area contributed by atoms with Crippen molar-refractivity contribution < 1.29 is 4.79 Å². The molecule has 0 aromatic heterocycles. The van der Waals surface area contributed by atoms with Gasteiger partial charge in [0.25, 0.3) is 0 Å². The Bertz CT molecular complexity index is 221. The maximum absolute atomic E-state index is 11.4. The van der Waals surface area contributed by atoms with Crippen LogP contribution in [0.25, 0.3) is 0 Å². The van der Waals surface area contributed by atoms with Crippen LogP contribution in [0.4, 0.5) is 4.79 Å². The SMILES string of the molecule is CCNC(=O)N1CC=C(C(C)C)C1. The van der Waals surface area contributed by atoms with Crippen molar-refractivity contribution in [3.63, 3.8) is 0 Å². The molecule has 3 heteroatoms. The summed E-state index contributed by atoms with van der Waals surface area (Å²) in [7, 11) is 0. The molecule has 1 aliphatic rings. The van der Waals surface area contributed by atoms with E-state index in [1.54, 1.807) is 0 Å². The number of amides is 2. The Labute approximate surface area is 79.8 Å². The highest BCUT2D eigenvalue weighted by Crippen LogP contribution is 2.16. The summed E-state index contributed by atoms with van der Waals surface area (Å²) in [5, 5.41) is 2.80. The summed E-state index contributed by atoms with van der Waals surface area (Å²) in [6.45, 7) is 8.51. The van der Waals surface area contributed by atoms with Crippen LogP contribution >= 0.6 is 0 Å². The van der Waals surface area contributed by atoms with E-state index >= 15 is 0 Å². The summed E-state index contributed by atoms with van der Waals surface area (Å²) in [5.41, 5.74) is 1.37. The number of rotatable bonds is 2. The lowest BCUT2D eigenvalue weighted by atomic mass is 10.1. The van der Waals surface area contributed by atoms with Crippen LogP contribution in [-0.2, 0) is 0 Å². The number of carbonyl (C=O) groups excluding carboxylic acids is 1. The van der Waals surface area contributed by atoms with Crippen LogP contribution in [0.5, 0.6) is 0 Å². The minimum Gasteiger partial charge on any atom is -0.338 e. The topological polar surface area (TPSA) is 32.3 Å². The Morgan fingerprint density at radius 1 is 1.69 bits per heavy atom. The maximum atomic E-state index is 11.4. The molecule has 74 valence electrons. The van der Waals surface area contributed by atoms with Gasteiger partial charge in [-0.25, -0.2) is 4.79 Å². The lowest BCUT2D eigenvalue weighted by Gasteiger charge is -2.17. The van der Waals surface area contributed by atoms with Gasteiger partial charge in [-0.3, -0.25) is 0 Å². The van der Waals surface area contributed by atoms with Gasteiger partial charge in [-0.05, 0) is 12.8 Å². The van der Waals surface area contributed by atoms with E-state index < -0.39 is 0 Å². The Hall–Kier alpha value is -0.990. The Morgan fingerprint density at radius 3 is 2.85 bits per heavy atom. The minimum atomic E-state index is 0.0504. The molecular weight excluding hydrogens is 164 g/mol. The van der Waals surface area contributed by atoms with Crippen LogP contribution in [0.1, 0.15) is 20.8 Å². The van der Waals surface area contributed by atoms with Gasteiger partial charge in [-0.15, -0.1) is 0 Å². The normalized spacial score (nSPS) is 16.3. The fourth-order valence-electron chi connectivity index (χ4n) is 1.41. The number of hydrogen-bond donors (Lipinski definition) is 1. The Kier molecular flexibility index (Phi) is 3.34. The second-order valence-electron chi connectivity index (χ2n) is 3.65. The van der Waals surface area contributed by atoms with E-state index in [0.29, 0.717) is 12.5 Å². The van der Waals surface area contributed by atoms with Crippen LogP contribution in [0.2, 0.25) is 0 Å². The van der Waals surface area contributed by atoms with E-state index in [1.807, 2.05) is 11.8 Å². The zero-order valence-electron chi connectivity index (χ0n) is 8.63. The molecule has 0 radical (unpaired) electrons. The fraction of sp³-hybridized carbons (Fsp3) is 0.700. The van der Waals surface area contributed by atoms with Crippen molar-refractivity contribution in [1.29, 1.82) is 0 Å². The van der Waals surface area contributed by atoms with Crippen molar-refractivity contribution in [2.45, 2.75) is 20.8 Å². The first-order valence-corrected chi connectivity index (χ1v) is 4.86. The number of hydrogen-bond acceptors (Lipinski definition) is 1. The van der Waals surface area contributed by atoms with E-state index in [4.69, 9.17) is 0 Å². The molecule has 0 aromatic carbocycles. The highest BCUT2D eigenvalue weighted by atomic mass is 16.2. The summed E-state index contributed by atoms with van der Waals surface area (Å²) in [6.07, 6.45) is 2.15. The van der Waals surface area contributed by atoms with Crippen molar-refractivity contribution in [2.75, 3.05) is 19.6 Å². The second-order valence-corrected chi connectivity index (χ2v) is 3.65. The number of nitrogens with one attached hydrogen (secondary N) is 1. The van der Waals surface area contributed by atoms with Gasteiger partial charge in [0.05, 0.1) is 0 Å². The van der Waals surface area contributed by atoms with E-state index in [2.05, 4.69) is 25.2 Å². The quantitative estimate of drug-likeness (QED) is 0.646. The predicted octanol–water partition coefficient (Wildman–Crippen LogP) is 1.61. The van der Waals surface area contributed by atoms with Gasteiger partial charge >= 0.3 is 6.03 Å². The molecule has 0 aromatic rings. The van der Waals surface area contributed by atoms with Crippen LogP contribution in [0.3, 0.4) is 0 Å². The van der Waals surface area contributed by atoms with Gasteiger partial charge in [0.2, 0.25) is 0 Å². The van der Waals surface area contributed by atoms with Crippen LogP contribution in [0.15, 0.2) is 11.6 Å². The summed E-state index contributed by atoms with van der Waals surface area (Å²) in [6, 6.07) is 0.0504. The first-order chi connectivity index (χ1) is 6.15. The molecule has 0 spiro atoms. The molecule has 0 fully saturated rings. The molecule has 1 N–H and O–H groups in total. The van der Waals surface area contributed by atoms with E-state index in [9.17, 15) is 4.79 Å². The second kappa shape index (κ2) is 4.30. The third-order valence-corrected chi connectivity index (χ3v) is 2.30. The summed E-state index contributed by atoms with van der Waals surface area (Å²) in [4.78, 5) is 13.2. The molecule has 0 atom stereocenters. The zero-order valence-corrected chi connectivity index (χ0v) is 8.63. The van der Waals surface area contributed by atoms with Gasteiger partial charge in [-0.1, -0.05) is 25.5 Å². The number of carbonyl (C=O) groups is 1. The number of nitrogens with zero attached hydrogens (tertiary/aromatic N) is 1. The average Bonchev–Trinajstić information content (AvgIpc) is 2.52. The van der Waals surface area contributed by atoms with Crippen LogP contribution in [-0.4, -0.2) is 30.6 Å². The molecule has 0 saturated heterocycles. The number of urea groups is 1. The van der Waals surface area contributed by atoms with Crippen LogP contribution < -0.4 is 5.32 Å². The fourth-order valence-corrected chi connectivity index (χ4v) is 1.41. The molecule has 3 nitrogen and oxygen atoms in total. The molecule has 1 rings (SSSR count). The average molecular weight is 182 g/mol. The van der Waals surface area contributed by atoms with E-state index in [1.165, 1.54) is 5.57 Å². The van der Waals surface area contributed by atoms with Crippen molar-refractivity contribution in [1.82, 2.24) is 10.2 Å². The highest BCUT2D eigenvalue weighted by Gasteiger charge is 2.19. The lowest BCUT2D eigenvalue weighted by Crippen LogP contribution is -2.38. The molecule has 1 heterocycles. The van der Waals surface area contributed by atoms with Crippen molar-refractivity contribution in [3.8, 4) is 0 Å². The predicted molar refractivity (Wildman–Crippen MR) is 53.6 cm³/mol. The van der Waals surface area contributed by atoms with Gasteiger partial charge in [0.1, 0.15) is 0 Å². The van der Waals surface area contributed by atoms with Crippen molar-refractivity contribution in [3.05, 3.63) is 11.6 Å². The standard InChI is InChI=1S/C10H18N2O/c1-4-11-10(13)12-6-5-9(7-12)8(2)3/h5,8H,4,6-7H2,1-3H3,(H,11,13). The molecule has 1 aliphatic heterocycles. The Balaban J connectivity index is 2.41. The first-order valence-electron chi connectivity index (χ1n) is 4.86. The summed E-state index contributed by atoms with van der Waals surface area (Å²) >= 11 is 0. The molecule has 0 aliphatic carbocycles. The van der Waals surface area contributed by atoms with Gasteiger partial charge in [-0.2, -0.15) is 0 Å². The zero-order chi connectivity index (χ0) is 9.84. The molecule has 0 bridgehead atoms. The largest absolute Gasteiger partial charge is 0.338 e.